The minimum Gasteiger partial charge on any atom is -0.491 e. The second-order valence-corrected chi connectivity index (χ2v) is 13.8. The number of aromatic carboxylic acids is 1. The number of nitrogens with zero attached hydrogens (tertiary/aromatic N) is 5. The summed E-state index contributed by atoms with van der Waals surface area (Å²) in [6.45, 7) is 3.40. The standard InChI is InChI=1S/C35H39ClN6O3S/c1-20-30-28(42(4)38-20)19-46-18-23-17-24(41(3)39-23)10-9-21-15-22-7-5-13-37-32(22)29(16-21)45-14-6-8-25-26-11-12-27(36)31(30)33(26)40(2)34(25)35(43)44/h11-12,15-17,37H,5-10,13-14,18-19H2,1-4H3,(H,43,44). The van der Waals surface area contributed by atoms with Crippen molar-refractivity contribution in [3.8, 4) is 16.9 Å². The van der Waals surface area contributed by atoms with Crippen molar-refractivity contribution in [2.75, 3.05) is 18.5 Å². The van der Waals surface area contributed by atoms with E-state index in [1.165, 1.54) is 16.8 Å². The second kappa shape index (κ2) is 12.4. The van der Waals surface area contributed by atoms with Gasteiger partial charge in [0, 0.05) is 61.4 Å². The Morgan fingerprint density at radius 1 is 1.00 bits per heavy atom. The Labute approximate surface area is 277 Å². The Morgan fingerprint density at radius 3 is 2.67 bits per heavy atom. The lowest BCUT2D eigenvalue weighted by atomic mass is 9.97. The van der Waals surface area contributed by atoms with Gasteiger partial charge in [-0.2, -0.15) is 10.2 Å². The Bertz CT molecular complexity index is 1990. The van der Waals surface area contributed by atoms with E-state index in [1.54, 1.807) is 16.3 Å². The van der Waals surface area contributed by atoms with Crippen molar-refractivity contribution in [2.45, 2.75) is 57.0 Å². The van der Waals surface area contributed by atoms with E-state index < -0.39 is 5.97 Å². The molecule has 0 radical (unpaired) electrons. The van der Waals surface area contributed by atoms with Gasteiger partial charge in [-0.3, -0.25) is 9.36 Å². The molecule has 0 saturated carbocycles. The minimum absolute atomic E-state index is 0.283. The van der Waals surface area contributed by atoms with Crippen molar-refractivity contribution in [2.24, 2.45) is 21.1 Å². The Hall–Kier alpha value is -3.89. The van der Waals surface area contributed by atoms with Crippen molar-refractivity contribution in [1.29, 1.82) is 0 Å². The van der Waals surface area contributed by atoms with E-state index in [1.807, 2.05) is 49.6 Å². The third-order valence-corrected chi connectivity index (χ3v) is 10.7. The molecule has 240 valence electrons. The minimum atomic E-state index is -0.953. The summed E-state index contributed by atoms with van der Waals surface area (Å²) in [6.07, 6.45) is 5.15. The molecule has 9 nitrogen and oxygen atoms in total. The van der Waals surface area contributed by atoms with E-state index in [9.17, 15) is 9.90 Å². The lowest BCUT2D eigenvalue weighted by Crippen LogP contribution is -2.14. The van der Waals surface area contributed by atoms with Gasteiger partial charge >= 0.3 is 5.97 Å². The van der Waals surface area contributed by atoms with Gasteiger partial charge in [-0.05, 0) is 80.3 Å². The van der Waals surface area contributed by atoms with Gasteiger partial charge in [-0.25, -0.2) is 4.79 Å². The molecule has 7 rings (SSSR count). The molecule has 0 amide bonds. The largest absolute Gasteiger partial charge is 0.491 e. The number of thioether (sulfide) groups is 1. The van der Waals surface area contributed by atoms with Crippen LogP contribution in [-0.4, -0.2) is 48.4 Å². The SMILES string of the molecule is Cc1nn(C)c2c1-c1c(Cl)ccc3c(c(C(=O)O)n(C)c13)CCCOc1cc(cc3c1NCCC3)CCc1cc(nn1C)CSC2. The maximum absolute atomic E-state index is 12.7. The highest BCUT2D eigenvalue weighted by atomic mass is 35.5. The first-order valence-electron chi connectivity index (χ1n) is 15.9. The number of nitrogens with one attached hydrogen (secondary N) is 1. The summed E-state index contributed by atoms with van der Waals surface area (Å²) in [5, 5.41) is 25.1. The van der Waals surface area contributed by atoms with Crippen LogP contribution >= 0.6 is 23.4 Å². The number of halogens is 1. The smallest absolute Gasteiger partial charge is 0.352 e. The lowest BCUT2D eigenvalue weighted by molar-refractivity contribution is 0.0685. The number of hydrogen-bond donors (Lipinski definition) is 2. The molecule has 5 heterocycles. The number of benzene rings is 2. The molecule has 2 aliphatic rings. The van der Waals surface area contributed by atoms with Crippen LogP contribution in [0.3, 0.4) is 0 Å². The van der Waals surface area contributed by atoms with Crippen LogP contribution in [0, 0.1) is 6.92 Å². The first-order valence-corrected chi connectivity index (χ1v) is 17.4. The highest BCUT2D eigenvalue weighted by Crippen LogP contribution is 2.43. The molecule has 0 fully saturated rings. The van der Waals surface area contributed by atoms with Gasteiger partial charge in [-0.15, -0.1) is 11.8 Å². The number of carboxylic acids is 1. The molecule has 2 aromatic carbocycles. The summed E-state index contributed by atoms with van der Waals surface area (Å²) in [4.78, 5) is 12.7. The summed E-state index contributed by atoms with van der Waals surface area (Å²) in [6, 6.07) is 10.6. The third kappa shape index (κ3) is 5.45. The van der Waals surface area contributed by atoms with Gasteiger partial charge in [0.1, 0.15) is 11.4 Å². The van der Waals surface area contributed by atoms with Gasteiger partial charge in [0.2, 0.25) is 0 Å². The molecule has 0 unspecified atom stereocenters. The number of rotatable bonds is 1. The summed E-state index contributed by atoms with van der Waals surface area (Å²) >= 11 is 8.78. The topological polar surface area (TPSA) is 99.1 Å². The molecule has 0 saturated heterocycles. The Balaban J connectivity index is 1.35. The van der Waals surface area contributed by atoms with Crippen LogP contribution in [-0.2, 0) is 58.3 Å². The molecule has 2 aliphatic heterocycles. The van der Waals surface area contributed by atoms with E-state index >= 15 is 0 Å². The lowest BCUT2D eigenvalue weighted by Gasteiger charge is -2.23. The summed E-state index contributed by atoms with van der Waals surface area (Å²) in [7, 11) is 5.81. The fourth-order valence-electron chi connectivity index (χ4n) is 7.28. The van der Waals surface area contributed by atoms with Crippen LogP contribution in [0.1, 0.15) is 62.8 Å². The first kappa shape index (κ1) is 30.7. The zero-order chi connectivity index (χ0) is 32.1. The molecule has 2 N–H and O–H groups in total. The summed E-state index contributed by atoms with van der Waals surface area (Å²) in [5.74, 6) is 1.39. The molecule has 5 aromatic rings. The highest BCUT2D eigenvalue weighted by Gasteiger charge is 2.27. The number of fused-ring (bicyclic) bond motifs is 8. The van der Waals surface area contributed by atoms with E-state index in [4.69, 9.17) is 26.5 Å². The summed E-state index contributed by atoms with van der Waals surface area (Å²) in [5.41, 5.74) is 11.5. The molecular weight excluding hydrogens is 620 g/mol. The quantitative estimate of drug-likeness (QED) is 0.203. The number of hydrogen-bond acceptors (Lipinski definition) is 6. The zero-order valence-electron chi connectivity index (χ0n) is 26.7. The highest BCUT2D eigenvalue weighted by molar-refractivity contribution is 7.97. The third-order valence-electron chi connectivity index (χ3n) is 9.39. The van der Waals surface area contributed by atoms with Gasteiger partial charge in [-0.1, -0.05) is 23.7 Å². The predicted octanol–water partition coefficient (Wildman–Crippen LogP) is 6.87. The van der Waals surface area contributed by atoms with E-state index in [2.05, 4.69) is 23.5 Å². The zero-order valence-corrected chi connectivity index (χ0v) is 28.3. The van der Waals surface area contributed by atoms with Crippen LogP contribution in [0.4, 0.5) is 5.69 Å². The van der Waals surface area contributed by atoms with E-state index in [0.29, 0.717) is 30.2 Å². The normalized spacial score (nSPS) is 15.5. The molecule has 0 spiro atoms. The number of aromatic nitrogens is 5. The monoisotopic (exact) mass is 658 g/mol. The van der Waals surface area contributed by atoms with Gasteiger partial charge in [0.15, 0.2) is 0 Å². The van der Waals surface area contributed by atoms with Crippen LogP contribution in [0.5, 0.6) is 5.75 Å². The van der Waals surface area contributed by atoms with Crippen LogP contribution in [0.25, 0.3) is 22.0 Å². The molecular formula is C35H39ClN6O3S. The number of anilines is 1. The molecule has 0 atom stereocenters. The number of aryl methyl sites for hydroxylation is 8. The molecule has 46 heavy (non-hydrogen) atoms. The molecule has 11 heteroatoms. The fraction of sp³-hybridized carbons (Fsp3) is 0.400. The van der Waals surface area contributed by atoms with Crippen molar-refractivity contribution in [3.05, 3.63) is 80.5 Å². The van der Waals surface area contributed by atoms with Crippen LogP contribution in [0.15, 0.2) is 30.3 Å². The maximum Gasteiger partial charge on any atom is 0.352 e. The van der Waals surface area contributed by atoms with Gasteiger partial charge in [0.05, 0.1) is 39.9 Å². The van der Waals surface area contributed by atoms with Crippen LogP contribution < -0.4 is 10.1 Å². The number of ether oxygens (including phenoxy) is 1. The average molecular weight is 659 g/mol. The Kier molecular flexibility index (Phi) is 8.27. The Morgan fingerprint density at radius 2 is 1.85 bits per heavy atom. The first-order chi connectivity index (χ1) is 22.2. The molecule has 8 bridgehead atoms. The van der Waals surface area contributed by atoms with Crippen molar-refractivity contribution in [1.82, 2.24) is 24.1 Å². The van der Waals surface area contributed by atoms with Gasteiger partial charge < -0.3 is 19.7 Å². The summed E-state index contributed by atoms with van der Waals surface area (Å²) < 4.78 is 12.2. The van der Waals surface area contributed by atoms with Gasteiger partial charge in [0.25, 0.3) is 0 Å². The fourth-order valence-corrected chi connectivity index (χ4v) is 8.50. The van der Waals surface area contributed by atoms with E-state index in [-0.39, 0.29) is 5.69 Å². The van der Waals surface area contributed by atoms with Crippen molar-refractivity contribution < 1.29 is 14.6 Å². The van der Waals surface area contributed by atoms with Crippen molar-refractivity contribution >= 4 is 45.9 Å². The average Bonchev–Trinajstić information content (AvgIpc) is 3.62. The number of carbonyl (C=O) groups is 1. The van der Waals surface area contributed by atoms with E-state index in [0.717, 1.165) is 94.1 Å². The molecule has 3 aromatic heterocycles. The predicted molar refractivity (Wildman–Crippen MR) is 185 cm³/mol. The van der Waals surface area contributed by atoms with Crippen LogP contribution in [0.2, 0.25) is 5.02 Å². The van der Waals surface area contributed by atoms with Crippen molar-refractivity contribution in [3.63, 3.8) is 0 Å². The second-order valence-electron chi connectivity index (χ2n) is 12.4. The molecule has 0 aliphatic carbocycles. The number of carboxylic acid groups (broad SMARTS) is 1. The maximum atomic E-state index is 12.7.